The average Bonchev–Trinajstić information content (AvgIpc) is 2.22. The van der Waals surface area contributed by atoms with E-state index in [1.165, 1.54) is 6.92 Å². The van der Waals surface area contributed by atoms with Crippen LogP contribution in [0.1, 0.15) is 12.6 Å². The van der Waals surface area contributed by atoms with E-state index in [1.54, 1.807) is 0 Å². The molecule has 0 fully saturated rings. The number of hydrogen-bond donors (Lipinski definition) is 4. The fraction of sp³-hybridized carbons (Fsp3) is 0.400. The summed E-state index contributed by atoms with van der Waals surface area (Å²) in [6, 6.07) is 1.15. The molecule has 0 aliphatic heterocycles. The molecule has 0 saturated heterocycles. The van der Waals surface area contributed by atoms with Crippen molar-refractivity contribution in [1.29, 1.82) is 0 Å². The molecule has 1 aromatic rings. The van der Waals surface area contributed by atoms with Crippen molar-refractivity contribution in [2.45, 2.75) is 13.3 Å². The van der Waals surface area contributed by atoms with Gasteiger partial charge in [0.05, 0.1) is 6.42 Å². The zero-order valence-corrected chi connectivity index (χ0v) is 9.83. The largest absolute Gasteiger partial charge is 0.355 e. The molecule has 0 radical (unpaired) electrons. The Bertz CT molecular complexity index is 517. The standard InChI is InChI=1S/C10H14N4O4/c1-6(15)11-2-3-12-8(16)4-7-5-9(17)14-10(18)13-7/h5H,2-4H2,1H3,(H,11,15)(H,12,16)(H2,13,14,17,18). The van der Waals surface area contributed by atoms with Gasteiger partial charge in [-0.15, -0.1) is 0 Å². The van der Waals surface area contributed by atoms with E-state index in [0.29, 0.717) is 6.54 Å². The van der Waals surface area contributed by atoms with Crippen molar-refractivity contribution in [2.24, 2.45) is 0 Å². The number of amides is 2. The van der Waals surface area contributed by atoms with Gasteiger partial charge in [0, 0.05) is 31.8 Å². The van der Waals surface area contributed by atoms with Gasteiger partial charge in [-0.25, -0.2) is 4.79 Å². The Balaban J connectivity index is 2.42. The zero-order chi connectivity index (χ0) is 13.5. The Labute approximate surface area is 102 Å². The number of rotatable bonds is 5. The SMILES string of the molecule is CC(=O)NCCNC(=O)Cc1cc(=O)[nH]c(=O)[nH]1. The van der Waals surface area contributed by atoms with E-state index >= 15 is 0 Å². The minimum absolute atomic E-state index is 0.0980. The second-order valence-electron chi connectivity index (χ2n) is 3.62. The van der Waals surface area contributed by atoms with Crippen molar-refractivity contribution in [2.75, 3.05) is 13.1 Å². The first kappa shape index (κ1) is 13.7. The molecule has 0 unspecified atom stereocenters. The number of hydrogen-bond acceptors (Lipinski definition) is 4. The Morgan fingerprint density at radius 2 is 1.83 bits per heavy atom. The highest BCUT2D eigenvalue weighted by molar-refractivity contribution is 5.78. The van der Waals surface area contributed by atoms with Gasteiger partial charge in [0.15, 0.2) is 0 Å². The summed E-state index contributed by atoms with van der Waals surface area (Å²) in [6.07, 6.45) is -0.0980. The van der Waals surface area contributed by atoms with E-state index in [0.717, 1.165) is 6.07 Å². The Kier molecular flexibility index (Phi) is 4.85. The molecule has 2 amide bonds. The summed E-state index contributed by atoms with van der Waals surface area (Å²) in [4.78, 5) is 48.2. The maximum atomic E-state index is 11.4. The highest BCUT2D eigenvalue weighted by Gasteiger charge is 2.04. The summed E-state index contributed by atoms with van der Waals surface area (Å²) in [6.45, 7) is 1.99. The second-order valence-corrected chi connectivity index (χ2v) is 3.62. The normalized spacial score (nSPS) is 9.83. The van der Waals surface area contributed by atoms with Crippen LogP contribution in [-0.4, -0.2) is 34.9 Å². The van der Waals surface area contributed by atoms with Gasteiger partial charge in [0.2, 0.25) is 11.8 Å². The van der Waals surface area contributed by atoms with Gasteiger partial charge in [0.1, 0.15) is 0 Å². The summed E-state index contributed by atoms with van der Waals surface area (Å²) < 4.78 is 0. The monoisotopic (exact) mass is 254 g/mol. The second kappa shape index (κ2) is 6.38. The topological polar surface area (TPSA) is 124 Å². The summed E-state index contributed by atoms with van der Waals surface area (Å²) in [5.74, 6) is -0.523. The average molecular weight is 254 g/mol. The fourth-order valence-electron chi connectivity index (χ4n) is 1.29. The molecule has 18 heavy (non-hydrogen) atoms. The van der Waals surface area contributed by atoms with Crippen molar-refractivity contribution >= 4 is 11.8 Å². The molecule has 1 rings (SSSR count). The smallest absolute Gasteiger partial charge is 0.325 e. The van der Waals surface area contributed by atoms with Gasteiger partial charge in [0.25, 0.3) is 5.56 Å². The van der Waals surface area contributed by atoms with Crippen molar-refractivity contribution in [3.63, 3.8) is 0 Å². The predicted octanol–water partition coefficient (Wildman–Crippen LogP) is -2.14. The third-order valence-corrected chi connectivity index (χ3v) is 1.99. The fourth-order valence-corrected chi connectivity index (χ4v) is 1.29. The molecule has 0 aliphatic rings. The lowest BCUT2D eigenvalue weighted by molar-refractivity contribution is -0.121. The number of H-pyrrole nitrogens is 2. The third kappa shape index (κ3) is 5.10. The van der Waals surface area contributed by atoms with Gasteiger partial charge >= 0.3 is 5.69 Å². The van der Waals surface area contributed by atoms with Gasteiger partial charge in [-0.1, -0.05) is 0 Å². The quantitative estimate of drug-likeness (QED) is 0.447. The maximum Gasteiger partial charge on any atom is 0.325 e. The molecule has 0 atom stereocenters. The molecule has 0 aromatic carbocycles. The van der Waals surface area contributed by atoms with Crippen molar-refractivity contribution < 1.29 is 9.59 Å². The molecule has 8 nitrogen and oxygen atoms in total. The van der Waals surface area contributed by atoms with Crippen LogP contribution in [0.25, 0.3) is 0 Å². The lowest BCUT2D eigenvalue weighted by Crippen LogP contribution is -2.35. The molecule has 0 spiro atoms. The Hall–Kier alpha value is -2.38. The highest BCUT2D eigenvalue weighted by Crippen LogP contribution is 1.87. The summed E-state index contributed by atoms with van der Waals surface area (Å²) in [5.41, 5.74) is -0.968. The van der Waals surface area contributed by atoms with Gasteiger partial charge < -0.3 is 15.6 Å². The molecule has 1 aromatic heterocycles. The van der Waals surface area contributed by atoms with E-state index in [1.807, 2.05) is 4.98 Å². The van der Waals surface area contributed by atoms with E-state index < -0.39 is 11.2 Å². The Morgan fingerprint density at radius 3 is 2.44 bits per heavy atom. The minimum atomic E-state index is -0.649. The number of carbonyl (C=O) groups is 2. The molecular weight excluding hydrogens is 240 g/mol. The van der Waals surface area contributed by atoms with Crippen molar-refractivity contribution in [3.05, 3.63) is 32.6 Å². The van der Waals surface area contributed by atoms with Crippen LogP contribution >= 0.6 is 0 Å². The summed E-state index contributed by atoms with van der Waals surface area (Å²) in [7, 11) is 0. The van der Waals surface area contributed by atoms with Crippen LogP contribution < -0.4 is 21.9 Å². The van der Waals surface area contributed by atoms with Crippen LogP contribution in [0.4, 0.5) is 0 Å². The minimum Gasteiger partial charge on any atom is -0.355 e. The van der Waals surface area contributed by atoms with Crippen molar-refractivity contribution in [3.8, 4) is 0 Å². The summed E-state index contributed by atoms with van der Waals surface area (Å²) in [5, 5.41) is 5.05. The van der Waals surface area contributed by atoms with Gasteiger partial charge in [-0.3, -0.25) is 19.4 Å². The van der Waals surface area contributed by atoms with E-state index in [4.69, 9.17) is 0 Å². The molecule has 98 valence electrons. The third-order valence-electron chi connectivity index (χ3n) is 1.99. The maximum absolute atomic E-state index is 11.4. The van der Waals surface area contributed by atoms with Crippen LogP contribution in [0.5, 0.6) is 0 Å². The first-order valence-corrected chi connectivity index (χ1v) is 5.31. The number of nitrogens with one attached hydrogen (secondary N) is 4. The zero-order valence-electron chi connectivity index (χ0n) is 9.83. The molecule has 1 heterocycles. The van der Waals surface area contributed by atoms with Crippen LogP contribution in [0.3, 0.4) is 0 Å². The molecule has 0 aliphatic carbocycles. The molecule has 0 saturated carbocycles. The van der Waals surface area contributed by atoms with Crippen LogP contribution in [0.2, 0.25) is 0 Å². The highest BCUT2D eigenvalue weighted by atomic mass is 16.2. The van der Waals surface area contributed by atoms with E-state index in [9.17, 15) is 19.2 Å². The lowest BCUT2D eigenvalue weighted by Gasteiger charge is -2.05. The van der Waals surface area contributed by atoms with Gasteiger partial charge in [-0.05, 0) is 0 Å². The number of aromatic amines is 2. The molecule has 0 bridgehead atoms. The molecule has 8 heteroatoms. The van der Waals surface area contributed by atoms with E-state index in [2.05, 4.69) is 15.6 Å². The number of aromatic nitrogens is 2. The number of carbonyl (C=O) groups excluding carboxylic acids is 2. The lowest BCUT2D eigenvalue weighted by atomic mass is 10.3. The van der Waals surface area contributed by atoms with Crippen LogP contribution in [-0.2, 0) is 16.0 Å². The predicted molar refractivity (Wildman–Crippen MR) is 63.1 cm³/mol. The van der Waals surface area contributed by atoms with Crippen molar-refractivity contribution in [1.82, 2.24) is 20.6 Å². The molecule has 4 N–H and O–H groups in total. The van der Waals surface area contributed by atoms with Gasteiger partial charge in [-0.2, -0.15) is 0 Å². The summed E-state index contributed by atoms with van der Waals surface area (Å²) >= 11 is 0. The first-order valence-electron chi connectivity index (χ1n) is 5.31. The van der Waals surface area contributed by atoms with E-state index in [-0.39, 0.29) is 30.5 Å². The first-order chi connectivity index (χ1) is 8.47. The Morgan fingerprint density at radius 1 is 1.17 bits per heavy atom. The van der Waals surface area contributed by atoms with Crippen LogP contribution in [0, 0.1) is 0 Å². The van der Waals surface area contributed by atoms with Crippen LogP contribution in [0.15, 0.2) is 15.7 Å². The molecular formula is C10H14N4O4.